The number of amides is 1. The zero-order valence-electron chi connectivity index (χ0n) is 9.30. The van der Waals surface area contributed by atoms with Gasteiger partial charge in [0.05, 0.1) is 0 Å². The summed E-state index contributed by atoms with van der Waals surface area (Å²) in [6, 6.07) is 0. The lowest BCUT2D eigenvalue weighted by Gasteiger charge is -2.30. The number of carbonyl (C=O) groups is 1. The summed E-state index contributed by atoms with van der Waals surface area (Å²) in [5.41, 5.74) is -0.291. The Morgan fingerprint density at radius 2 is 1.79 bits per heavy atom. The Bertz CT molecular complexity index is 161. The standard InChI is InChI=1S/C10H21NO2S/c1-4-10(5-2,6-3)13-9(12)11-7-8-14/h14H,4-8H2,1-3H3,(H,11,12). The fourth-order valence-corrected chi connectivity index (χ4v) is 1.47. The largest absolute Gasteiger partial charge is 0.443 e. The lowest BCUT2D eigenvalue weighted by Crippen LogP contribution is -2.38. The van der Waals surface area contributed by atoms with E-state index in [1.165, 1.54) is 0 Å². The molecule has 4 heteroatoms. The van der Waals surface area contributed by atoms with Crippen LogP contribution in [0.3, 0.4) is 0 Å². The van der Waals surface area contributed by atoms with Crippen molar-refractivity contribution in [3.8, 4) is 0 Å². The highest BCUT2D eigenvalue weighted by Gasteiger charge is 2.28. The van der Waals surface area contributed by atoms with Crippen molar-refractivity contribution in [2.75, 3.05) is 12.3 Å². The van der Waals surface area contributed by atoms with E-state index in [-0.39, 0.29) is 11.7 Å². The van der Waals surface area contributed by atoms with Gasteiger partial charge in [-0.05, 0) is 19.3 Å². The maximum absolute atomic E-state index is 11.3. The van der Waals surface area contributed by atoms with Crippen LogP contribution in [0.2, 0.25) is 0 Å². The molecule has 84 valence electrons. The van der Waals surface area contributed by atoms with Gasteiger partial charge in [-0.1, -0.05) is 20.8 Å². The van der Waals surface area contributed by atoms with Gasteiger partial charge in [0.2, 0.25) is 0 Å². The first kappa shape index (κ1) is 13.6. The molecule has 0 heterocycles. The van der Waals surface area contributed by atoms with Gasteiger partial charge < -0.3 is 10.1 Å². The zero-order chi connectivity index (χ0) is 11.0. The quantitative estimate of drug-likeness (QED) is 0.674. The Hall–Kier alpha value is -0.380. The average molecular weight is 219 g/mol. The second kappa shape index (κ2) is 6.98. The van der Waals surface area contributed by atoms with E-state index in [2.05, 4.69) is 17.9 Å². The Morgan fingerprint density at radius 3 is 2.14 bits per heavy atom. The molecule has 14 heavy (non-hydrogen) atoms. The number of hydrogen-bond acceptors (Lipinski definition) is 3. The van der Waals surface area contributed by atoms with Crippen LogP contribution in [0.4, 0.5) is 4.79 Å². The normalized spacial score (nSPS) is 11.1. The number of hydrogen-bond donors (Lipinski definition) is 2. The van der Waals surface area contributed by atoms with Crippen molar-refractivity contribution in [3.05, 3.63) is 0 Å². The van der Waals surface area contributed by atoms with E-state index in [1.54, 1.807) is 0 Å². The number of ether oxygens (including phenoxy) is 1. The summed E-state index contributed by atoms with van der Waals surface area (Å²) in [4.78, 5) is 11.3. The van der Waals surface area contributed by atoms with Crippen molar-refractivity contribution in [3.63, 3.8) is 0 Å². The smallest absolute Gasteiger partial charge is 0.407 e. The molecule has 0 aliphatic carbocycles. The highest BCUT2D eigenvalue weighted by Crippen LogP contribution is 2.24. The molecule has 0 saturated carbocycles. The van der Waals surface area contributed by atoms with Gasteiger partial charge in [0.15, 0.2) is 0 Å². The van der Waals surface area contributed by atoms with Gasteiger partial charge in [-0.3, -0.25) is 0 Å². The molecule has 0 atom stereocenters. The average Bonchev–Trinajstić information content (AvgIpc) is 2.23. The first-order valence-electron chi connectivity index (χ1n) is 5.21. The molecular formula is C10H21NO2S. The van der Waals surface area contributed by atoms with E-state index in [0.717, 1.165) is 19.3 Å². The Labute approximate surface area is 92.0 Å². The van der Waals surface area contributed by atoms with Gasteiger partial charge in [0.1, 0.15) is 5.60 Å². The summed E-state index contributed by atoms with van der Waals surface area (Å²) >= 11 is 4.01. The SMILES string of the molecule is CCC(CC)(CC)OC(=O)NCCS. The van der Waals surface area contributed by atoms with Crippen LogP contribution >= 0.6 is 12.6 Å². The van der Waals surface area contributed by atoms with Gasteiger partial charge in [-0.2, -0.15) is 12.6 Å². The number of carbonyl (C=O) groups excluding carboxylic acids is 1. The summed E-state index contributed by atoms with van der Waals surface area (Å²) in [5, 5.41) is 2.65. The molecule has 1 amide bonds. The Kier molecular flexibility index (Phi) is 6.79. The molecule has 0 aromatic rings. The third-order valence-corrected chi connectivity index (χ3v) is 2.85. The highest BCUT2D eigenvalue weighted by molar-refractivity contribution is 7.80. The molecule has 0 aromatic heterocycles. The van der Waals surface area contributed by atoms with Crippen molar-refractivity contribution >= 4 is 18.7 Å². The number of thiol groups is 1. The fourth-order valence-electron chi connectivity index (χ4n) is 1.36. The van der Waals surface area contributed by atoms with Gasteiger partial charge >= 0.3 is 6.09 Å². The van der Waals surface area contributed by atoms with Crippen molar-refractivity contribution in [1.82, 2.24) is 5.32 Å². The van der Waals surface area contributed by atoms with E-state index in [9.17, 15) is 4.79 Å². The first-order chi connectivity index (χ1) is 6.64. The number of nitrogens with one attached hydrogen (secondary N) is 1. The van der Waals surface area contributed by atoms with Crippen molar-refractivity contribution in [2.45, 2.75) is 45.6 Å². The van der Waals surface area contributed by atoms with E-state index in [4.69, 9.17) is 4.74 Å². The van der Waals surface area contributed by atoms with E-state index in [0.29, 0.717) is 12.3 Å². The predicted molar refractivity (Wildman–Crippen MR) is 61.9 cm³/mol. The van der Waals surface area contributed by atoms with Crippen molar-refractivity contribution in [2.24, 2.45) is 0 Å². The molecule has 0 bridgehead atoms. The Morgan fingerprint density at radius 1 is 1.29 bits per heavy atom. The lowest BCUT2D eigenvalue weighted by atomic mass is 9.94. The molecule has 1 N–H and O–H groups in total. The fraction of sp³-hybridized carbons (Fsp3) is 0.900. The molecule has 0 fully saturated rings. The second-order valence-corrected chi connectivity index (χ2v) is 3.73. The van der Waals surface area contributed by atoms with Crippen LogP contribution in [0.15, 0.2) is 0 Å². The van der Waals surface area contributed by atoms with Crippen LogP contribution in [0.5, 0.6) is 0 Å². The molecule has 0 rings (SSSR count). The second-order valence-electron chi connectivity index (χ2n) is 3.28. The van der Waals surface area contributed by atoms with Gasteiger partial charge in [0, 0.05) is 12.3 Å². The van der Waals surface area contributed by atoms with E-state index >= 15 is 0 Å². The minimum absolute atomic E-state index is 0.291. The van der Waals surface area contributed by atoms with Crippen LogP contribution in [0.1, 0.15) is 40.0 Å². The molecule has 3 nitrogen and oxygen atoms in total. The summed E-state index contributed by atoms with van der Waals surface area (Å²) in [7, 11) is 0. The molecule has 0 aromatic carbocycles. The van der Waals surface area contributed by atoms with Crippen LogP contribution < -0.4 is 5.32 Å². The van der Waals surface area contributed by atoms with Gasteiger partial charge in [0.25, 0.3) is 0 Å². The maximum atomic E-state index is 11.3. The topological polar surface area (TPSA) is 38.3 Å². The van der Waals surface area contributed by atoms with Crippen molar-refractivity contribution < 1.29 is 9.53 Å². The molecule has 0 aliphatic rings. The first-order valence-corrected chi connectivity index (χ1v) is 5.85. The summed E-state index contributed by atoms with van der Waals surface area (Å²) < 4.78 is 5.40. The third kappa shape index (κ3) is 4.22. The highest BCUT2D eigenvalue weighted by atomic mass is 32.1. The number of alkyl carbamates (subject to hydrolysis) is 1. The van der Waals surface area contributed by atoms with E-state index in [1.807, 2.05) is 20.8 Å². The molecular weight excluding hydrogens is 198 g/mol. The van der Waals surface area contributed by atoms with Gasteiger partial charge in [-0.25, -0.2) is 4.79 Å². The Balaban J connectivity index is 4.08. The minimum atomic E-state index is -0.329. The summed E-state index contributed by atoms with van der Waals surface area (Å²) in [6.45, 7) is 6.67. The molecule has 0 aliphatic heterocycles. The molecule has 0 spiro atoms. The van der Waals surface area contributed by atoms with E-state index < -0.39 is 0 Å². The summed E-state index contributed by atoms with van der Waals surface area (Å²) in [5.74, 6) is 0.631. The van der Waals surface area contributed by atoms with Crippen LogP contribution in [-0.4, -0.2) is 24.0 Å². The maximum Gasteiger partial charge on any atom is 0.407 e. The zero-order valence-corrected chi connectivity index (χ0v) is 10.2. The van der Waals surface area contributed by atoms with Crippen LogP contribution in [0.25, 0.3) is 0 Å². The summed E-state index contributed by atoms with van der Waals surface area (Å²) in [6.07, 6.45) is 2.24. The number of rotatable bonds is 6. The monoisotopic (exact) mass is 219 g/mol. The molecule has 0 radical (unpaired) electrons. The molecule has 0 saturated heterocycles. The van der Waals surface area contributed by atoms with Crippen LogP contribution in [-0.2, 0) is 4.74 Å². The third-order valence-electron chi connectivity index (χ3n) is 2.62. The molecule has 0 unspecified atom stereocenters. The van der Waals surface area contributed by atoms with Crippen molar-refractivity contribution in [1.29, 1.82) is 0 Å². The predicted octanol–water partition coefficient (Wildman–Crippen LogP) is 2.61. The van der Waals surface area contributed by atoms with Crippen LogP contribution in [0, 0.1) is 0 Å². The van der Waals surface area contributed by atoms with Gasteiger partial charge in [-0.15, -0.1) is 0 Å². The minimum Gasteiger partial charge on any atom is -0.443 e. The lowest BCUT2D eigenvalue weighted by molar-refractivity contribution is 0.00198.